The summed E-state index contributed by atoms with van der Waals surface area (Å²) in [5.74, 6) is -0.163. The molecular formula is C14H18N7O7P. The van der Waals surface area contributed by atoms with Crippen molar-refractivity contribution in [2.75, 3.05) is 12.3 Å². The standard InChI is InChI=1S/C14H18N7O7P/c1-19-2-3-20(6-19)29(25,26)27-4-7-9(22)10(23)13(28-7)21-5-16-8-11(21)17-14(15)18-12(8)24/h2-3,5-7,9-10,13,22-23H,4H2,1H3,(H3-,15,17,18,24,25,26). The van der Waals surface area contributed by atoms with Gasteiger partial charge in [-0.1, -0.05) is 0 Å². The van der Waals surface area contributed by atoms with Crippen molar-refractivity contribution in [3.63, 3.8) is 0 Å². The lowest BCUT2D eigenvalue weighted by molar-refractivity contribution is -0.670. The third-order valence-electron chi connectivity index (χ3n) is 4.50. The van der Waals surface area contributed by atoms with Crippen molar-refractivity contribution in [2.24, 2.45) is 7.05 Å². The number of aromatic amines is 1. The van der Waals surface area contributed by atoms with Crippen molar-refractivity contribution in [2.45, 2.75) is 24.5 Å². The maximum absolute atomic E-state index is 12.2. The Morgan fingerprint density at radius 3 is 2.93 bits per heavy atom. The van der Waals surface area contributed by atoms with Crippen LogP contribution in [0.4, 0.5) is 5.95 Å². The van der Waals surface area contributed by atoms with Gasteiger partial charge in [0, 0.05) is 0 Å². The number of hydrogen-bond acceptors (Lipinski definition) is 10. The lowest BCUT2D eigenvalue weighted by Gasteiger charge is -2.21. The number of aliphatic hydroxyl groups excluding tert-OH is 2. The van der Waals surface area contributed by atoms with Gasteiger partial charge in [0.15, 0.2) is 17.4 Å². The number of aromatic nitrogens is 6. The summed E-state index contributed by atoms with van der Waals surface area (Å²) in [7, 11) is -2.83. The molecule has 156 valence electrons. The second kappa shape index (κ2) is 7.02. The zero-order valence-electron chi connectivity index (χ0n) is 15.0. The molecule has 15 heteroatoms. The summed E-state index contributed by atoms with van der Waals surface area (Å²) in [5.41, 5.74) is 4.97. The predicted molar refractivity (Wildman–Crippen MR) is 93.0 cm³/mol. The van der Waals surface area contributed by atoms with E-state index < -0.39 is 44.5 Å². The van der Waals surface area contributed by atoms with E-state index in [4.69, 9.17) is 15.0 Å². The minimum absolute atomic E-state index is 0.0336. The molecule has 3 aromatic rings. The first kappa shape index (κ1) is 19.7. The van der Waals surface area contributed by atoms with E-state index in [1.54, 1.807) is 7.05 Å². The molecule has 0 bridgehead atoms. The second-order valence-electron chi connectivity index (χ2n) is 6.54. The monoisotopic (exact) mass is 427 g/mol. The van der Waals surface area contributed by atoms with Crippen LogP contribution in [0.3, 0.4) is 0 Å². The van der Waals surface area contributed by atoms with E-state index in [2.05, 4.69) is 15.0 Å². The molecule has 0 spiro atoms. The van der Waals surface area contributed by atoms with Crippen molar-refractivity contribution < 1.29 is 33.5 Å². The van der Waals surface area contributed by atoms with Crippen molar-refractivity contribution >= 4 is 24.9 Å². The molecule has 0 aromatic carbocycles. The van der Waals surface area contributed by atoms with Gasteiger partial charge in [-0.15, -0.1) is 0 Å². The number of nitrogens with one attached hydrogen (secondary N) is 1. The van der Waals surface area contributed by atoms with Crippen LogP contribution in [-0.2, 0) is 20.9 Å². The molecule has 1 aliphatic rings. The number of ether oxygens (including phenoxy) is 1. The number of aliphatic hydroxyl groups is 2. The summed E-state index contributed by atoms with van der Waals surface area (Å²) in [6.45, 7) is -0.541. The number of aryl methyl sites for hydroxylation is 1. The van der Waals surface area contributed by atoms with Gasteiger partial charge >= 0.3 is 7.75 Å². The Labute approximate surface area is 162 Å². The Morgan fingerprint density at radius 2 is 2.24 bits per heavy atom. The highest BCUT2D eigenvalue weighted by Crippen LogP contribution is 2.40. The summed E-state index contributed by atoms with van der Waals surface area (Å²) < 4.78 is 26.4. The smallest absolute Gasteiger partial charge is 0.323 e. The lowest BCUT2D eigenvalue weighted by Crippen LogP contribution is -2.34. The fraction of sp³-hybridized carbons (Fsp3) is 0.429. The van der Waals surface area contributed by atoms with Gasteiger partial charge in [-0.3, -0.25) is 18.9 Å². The van der Waals surface area contributed by atoms with Crippen molar-refractivity contribution in [3.05, 3.63) is 35.4 Å². The molecule has 3 aromatic heterocycles. The van der Waals surface area contributed by atoms with Crippen LogP contribution in [0.1, 0.15) is 6.23 Å². The average molecular weight is 427 g/mol. The van der Waals surface area contributed by atoms with E-state index in [-0.39, 0.29) is 17.1 Å². The molecule has 0 radical (unpaired) electrons. The summed E-state index contributed by atoms with van der Waals surface area (Å²) >= 11 is 0. The normalized spacial score (nSPS) is 26.8. The third-order valence-corrected chi connectivity index (χ3v) is 5.78. The summed E-state index contributed by atoms with van der Waals surface area (Å²) in [5, 5.41) is 20.6. The number of fused-ring (bicyclic) bond motifs is 1. The van der Waals surface area contributed by atoms with Crippen LogP contribution in [-0.4, -0.2) is 59.0 Å². The number of imidazole rings is 2. The third kappa shape index (κ3) is 3.46. The number of nitrogen functional groups attached to an aromatic ring is 1. The molecule has 1 aliphatic heterocycles. The molecule has 5 unspecified atom stereocenters. The van der Waals surface area contributed by atoms with Gasteiger partial charge in [0.25, 0.3) is 5.56 Å². The van der Waals surface area contributed by atoms with Gasteiger partial charge in [0.1, 0.15) is 30.7 Å². The van der Waals surface area contributed by atoms with Crippen LogP contribution in [0.5, 0.6) is 0 Å². The lowest BCUT2D eigenvalue weighted by atomic mass is 10.1. The Balaban J connectivity index is 1.54. The molecular weight excluding hydrogens is 409 g/mol. The molecule has 4 rings (SSSR count). The van der Waals surface area contributed by atoms with Gasteiger partial charge in [-0.25, -0.2) is 9.55 Å². The Kier molecular flexibility index (Phi) is 4.77. The van der Waals surface area contributed by atoms with Gasteiger partial charge in [-0.2, -0.15) is 9.32 Å². The summed E-state index contributed by atoms with van der Waals surface area (Å²) in [4.78, 5) is 34.3. The highest BCUT2D eigenvalue weighted by atomic mass is 31.2. The van der Waals surface area contributed by atoms with E-state index in [1.807, 2.05) is 0 Å². The SMILES string of the molecule is C[n+]1ccn(P(=O)([O-])OCC2OC(n3cnc4c(=O)[nH]c(N)nc43)C(O)C2O)c1. The average Bonchev–Trinajstić information content (AvgIpc) is 3.34. The summed E-state index contributed by atoms with van der Waals surface area (Å²) in [6.07, 6.45) is 0.0289. The predicted octanol–water partition coefficient (Wildman–Crippen LogP) is -3.02. The molecule has 1 fully saturated rings. The van der Waals surface area contributed by atoms with E-state index >= 15 is 0 Å². The molecule has 5 N–H and O–H groups in total. The maximum Gasteiger partial charge on any atom is 0.323 e. The first-order valence-electron chi connectivity index (χ1n) is 8.41. The Morgan fingerprint density at radius 1 is 1.48 bits per heavy atom. The van der Waals surface area contributed by atoms with Gasteiger partial charge in [0.05, 0.1) is 20.0 Å². The molecule has 29 heavy (non-hydrogen) atoms. The fourth-order valence-corrected chi connectivity index (χ4v) is 4.02. The number of nitrogens with two attached hydrogens (primary N) is 1. The molecule has 0 amide bonds. The van der Waals surface area contributed by atoms with Gasteiger partial charge in [0.2, 0.25) is 12.3 Å². The topological polar surface area (TPSA) is 197 Å². The first-order valence-corrected chi connectivity index (χ1v) is 9.90. The summed E-state index contributed by atoms with van der Waals surface area (Å²) in [6, 6.07) is 0. The highest BCUT2D eigenvalue weighted by Gasteiger charge is 2.45. The fourth-order valence-electron chi connectivity index (χ4n) is 3.04. The highest BCUT2D eigenvalue weighted by molar-refractivity contribution is 7.49. The number of anilines is 1. The van der Waals surface area contributed by atoms with E-state index in [1.165, 1.54) is 34.2 Å². The minimum atomic E-state index is -4.48. The van der Waals surface area contributed by atoms with Gasteiger partial charge in [-0.05, 0) is 0 Å². The Hall–Kier alpha value is -2.61. The van der Waals surface area contributed by atoms with Crippen molar-refractivity contribution in [1.82, 2.24) is 23.9 Å². The van der Waals surface area contributed by atoms with Crippen molar-refractivity contribution in [3.8, 4) is 0 Å². The second-order valence-corrected chi connectivity index (χ2v) is 8.20. The van der Waals surface area contributed by atoms with Crippen LogP contribution < -0.4 is 20.8 Å². The number of rotatable bonds is 5. The van der Waals surface area contributed by atoms with Crippen molar-refractivity contribution in [1.29, 1.82) is 0 Å². The van der Waals surface area contributed by atoms with Gasteiger partial charge < -0.3 is 30.1 Å². The van der Waals surface area contributed by atoms with E-state index in [9.17, 15) is 24.5 Å². The van der Waals surface area contributed by atoms with E-state index in [0.717, 1.165) is 4.34 Å². The first-order chi connectivity index (χ1) is 13.7. The maximum atomic E-state index is 12.2. The largest absolute Gasteiger partial charge is 0.742 e. The quantitative estimate of drug-likeness (QED) is 0.240. The molecule has 0 saturated carbocycles. The van der Waals surface area contributed by atoms with Crippen LogP contribution in [0.25, 0.3) is 11.2 Å². The van der Waals surface area contributed by atoms with Crippen LogP contribution in [0, 0.1) is 0 Å². The number of hydrogen-bond donors (Lipinski definition) is 4. The molecule has 5 atom stereocenters. The zero-order valence-corrected chi connectivity index (χ0v) is 15.9. The molecule has 0 aliphatic carbocycles. The minimum Gasteiger partial charge on any atom is -0.742 e. The number of nitrogens with zero attached hydrogens (tertiary/aromatic N) is 5. The van der Waals surface area contributed by atoms with Crippen LogP contribution in [0.15, 0.2) is 29.8 Å². The molecule has 4 heterocycles. The van der Waals surface area contributed by atoms with Crippen LogP contribution in [0.2, 0.25) is 0 Å². The van der Waals surface area contributed by atoms with Crippen LogP contribution >= 0.6 is 7.75 Å². The molecule has 1 saturated heterocycles. The molecule has 14 nitrogen and oxygen atoms in total. The Bertz CT molecular complexity index is 1160. The zero-order chi connectivity index (χ0) is 20.9. The van der Waals surface area contributed by atoms with E-state index in [0.29, 0.717) is 0 Å². The number of H-pyrrole nitrogens is 1.